The van der Waals surface area contributed by atoms with E-state index in [4.69, 9.17) is 4.42 Å². The Labute approximate surface area is 155 Å². The molecule has 2 aliphatic rings. The molecular formula is C21H30N2O3. The van der Waals surface area contributed by atoms with E-state index in [0.29, 0.717) is 13.0 Å². The lowest BCUT2D eigenvalue weighted by molar-refractivity contribution is -0.126. The predicted octanol–water partition coefficient (Wildman–Crippen LogP) is 2.82. The number of hydrogen-bond acceptors (Lipinski definition) is 4. The number of carbonyl (C=O) groups is 1. The highest BCUT2D eigenvalue weighted by atomic mass is 16.3. The normalized spacial score (nSPS) is 26.9. The van der Waals surface area contributed by atoms with Crippen molar-refractivity contribution >= 4 is 5.91 Å². The van der Waals surface area contributed by atoms with Crippen LogP contribution < -0.4 is 5.32 Å². The summed E-state index contributed by atoms with van der Waals surface area (Å²) in [6.07, 6.45) is 11.8. The molecule has 0 bridgehead atoms. The fourth-order valence-corrected chi connectivity index (χ4v) is 4.09. The van der Waals surface area contributed by atoms with Crippen molar-refractivity contribution in [1.29, 1.82) is 0 Å². The molecule has 0 aromatic carbocycles. The lowest BCUT2D eigenvalue weighted by atomic mass is 9.83. The molecule has 1 aromatic rings. The van der Waals surface area contributed by atoms with Crippen molar-refractivity contribution in [2.24, 2.45) is 0 Å². The van der Waals surface area contributed by atoms with E-state index in [-0.39, 0.29) is 30.1 Å². The topological polar surface area (TPSA) is 65.7 Å². The summed E-state index contributed by atoms with van der Waals surface area (Å²) in [5.74, 6) is 1.06. The number of hydrogen-bond donors (Lipinski definition) is 2. The summed E-state index contributed by atoms with van der Waals surface area (Å²) in [6, 6.07) is 4.47. The minimum absolute atomic E-state index is 0.100. The monoisotopic (exact) mass is 358 g/mol. The van der Waals surface area contributed by atoms with Gasteiger partial charge in [-0.2, -0.15) is 0 Å². The van der Waals surface area contributed by atoms with Crippen LogP contribution in [0.15, 0.2) is 46.6 Å². The van der Waals surface area contributed by atoms with Gasteiger partial charge in [0.15, 0.2) is 0 Å². The number of nitrogens with one attached hydrogen (secondary N) is 1. The van der Waals surface area contributed by atoms with Gasteiger partial charge in [0.1, 0.15) is 5.76 Å². The summed E-state index contributed by atoms with van der Waals surface area (Å²) in [5, 5.41) is 13.0. The summed E-state index contributed by atoms with van der Waals surface area (Å²) < 4.78 is 5.44. The van der Waals surface area contributed by atoms with Crippen LogP contribution in [0.25, 0.3) is 0 Å². The van der Waals surface area contributed by atoms with E-state index in [1.807, 2.05) is 25.1 Å². The molecule has 5 nitrogen and oxygen atoms in total. The number of amides is 1. The number of furan rings is 1. The second-order valence-electron chi connectivity index (χ2n) is 7.53. The lowest BCUT2D eigenvalue weighted by Gasteiger charge is -2.54. The molecule has 4 atom stereocenters. The molecule has 2 N–H and O–H groups in total. The van der Waals surface area contributed by atoms with Crippen LogP contribution in [0.3, 0.4) is 0 Å². The van der Waals surface area contributed by atoms with Gasteiger partial charge < -0.3 is 14.8 Å². The number of likely N-dealkylation sites (tertiary alicyclic amines) is 1. The fourth-order valence-electron chi connectivity index (χ4n) is 4.09. The molecule has 1 aliphatic carbocycles. The van der Waals surface area contributed by atoms with Crippen LogP contribution in [0.4, 0.5) is 0 Å². The lowest BCUT2D eigenvalue weighted by Crippen LogP contribution is -2.72. The zero-order valence-corrected chi connectivity index (χ0v) is 15.7. The third kappa shape index (κ3) is 4.65. The minimum atomic E-state index is -0.376. The SMILES string of the molecule is CC(O)CN1C(C)C(NC(=O)CC2=CC=CCC2)C1CCc1ccco1. The molecule has 0 saturated carbocycles. The third-order valence-corrected chi connectivity index (χ3v) is 5.44. The van der Waals surface area contributed by atoms with Crippen molar-refractivity contribution in [3.8, 4) is 0 Å². The van der Waals surface area contributed by atoms with E-state index in [2.05, 4.69) is 29.3 Å². The van der Waals surface area contributed by atoms with Crippen LogP contribution in [0.5, 0.6) is 0 Å². The van der Waals surface area contributed by atoms with Gasteiger partial charge in [-0.05, 0) is 45.2 Å². The van der Waals surface area contributed by atoms with E-state index in [9.17, 15) is 9.90 Å². The van der Waals surface area contributed by atoms with Crippen molar-refractivity contribution in [3.63, 3.8) is 0 Å². The Morgan fingerprint density at radius 3 is 3.00 bits per heavy atom. The van der Waals surface area contributed by atoms with Gasteiger partial charge in [0, 0.05) is 31.5 Å². The summed E-state index contributed by atoms with van der Waals surface area (Å²) in [7, 11) is 0. The van der Waals surface area contributed by atoms with Gasteiger partial charge in [0.25, 0.3) is 0 Å². The van der Waals surface area contributed by atoms with Crippen LogP contribution in [0.2, 0.25) is 0 Å². The minimum Gasteiger partial charge on any atom is -0.469 e. The molecule has 3 rings (SSSR count). The van der Waals surface area contributed by atoms with Gasteiger partial charge >= 0.3 is 0 Å². The molecule has 142 valence electrons. The number of aliphatic hydroxyl groups excluding tert-OH is 1. The molecule has 1 amide bonds. The molecular weight excluding hydrogens is 328 g/mol. The molecule has 1 aromatic heterocycles. The van der Waals surface area contributed by atoms with E-state index in [0.717, 1.165) is 31.4 Å². The Bertz CT molecular complexity index is 648. The first-order valence-corrected chi connectivity index (χ1v) is 9.64. The highest BCUT2D eigenvalue weighted by Gasteiger charge is 2.46. The molecule has 0 radical (unpaired) electrons. The smallest absolute Gasteiger partial charge is 0.224 e. The maximum atomic E-state index is 12.5. The van der Waals surface area contributed by atoms with E-state index < -0.39 is 0 Å². The maximum absolute atomic E-state index is 12.5. The van der Waals surface area contributed by atoms with E-state index >= 15 is 0 Å². The van der Waals surface area contributed by atoms with Gasteiger partial charge in [0.05, 0.1) is 18.4 Å². The summed E-state index contributed by atoms with van der Waals surface area (Å²) >= 11 is 0. The van der Waals surface area contributed by atoms with Crippen molar-refractivity contribution < 1.29 is 14.3 Å². The van der Waals surface area contributed by atoms with Gasteiger partial charge in [-0.3, -0.25) is 9.69 Å². The average molecular weight is 358 g/mol. The largest absolute Gasteiger partial charge is 0.469 e. The van der Waals surface area contributed by atoms with Crippen LogP contribution >= 0.6 is 0 Å². The van der Waals surface area contributed by atoms with Gasteiger partial charge in [-0.1, -0.05) is 23.8 Å². The number of aryl methyl sites for hydroxylation is 1. The number of aliphatic hydroxyl groups is 1. The van der Waals surface area contributed by atoms with E-state index in [1.54, 1.807) is 6.26 Å². The summed E-state index contributed by atoms with van der Waals surface area (Å²) in [5.41, 5.74) is 1.20. The van der Waals surface area contributed by atoms with Crippen molar-refractivity contribution in [2.75, 3.05) is 6.54 Å². The van der Waals surface area contributed by atoms with Crippen molar-refractivity contribution in [2.45, 2.75) is 70.2 Å². The standard InChI is InChI=1S/C21H30N2O3/c1-15(24)14-23-16(2)21(19(23)11-10-18-9-6-12-26-18)22-20(25)13-17-7-4-3-5-8-17/h3-4,6-7,9,12,15-16,19,21,24H,5,8,10-11,13-14H2,1-2H3,(H,22,25). The number of allylic oxidation sites excluding steroid dienone is 3. The third-order valence-electron chi connectivity index (χ3n) is 5.44. The van der Waals surface area contributed by atoms with Crippen LogP contribution in [-0.4, -0.2) is 46.7 Å². The Balaban J connectivity index is 1.58. The fraction of sp³-hybridized carbons (Fsp3) is 0.571. The number of nitrogens with zero attached hydrogens (tertiary/aromatic N) is 1. The summed E-state index contributed by atoms with van der Waals surface area (Å²) in [4.78, 5) is 14.8. The van der Waals surface area contributed by atoms with Crippen LogP contribution in [0.1, 0.15) is 45.3 Å². The first kappa shape index (κ1) is 18.9. The summed E-state index contributed by atoms with van der Waals surface area (Å²) in [6.45, 7) is 4.57. The zero-order chi connectivity index (χ0) is 18.5. The molecule has 1 fully saturated rings. The second-order valence-corrected chi connectivity index (χ2v) is 7.53. The Morgan fingerprint density at radius 1 is 1.50 bits per heavy atom. The molecule has 4 unspecified atom stereocenters. The average Bonchev–Trinajstić information content (AvgIpc) is 3.13. The van der Waals surface area contributed by atoms with Crippen LogP contribution in [-0.2, 0) is 11.2 Å². The van der Waals surface area contributed by atoms with Crippen molar-refractivity contribution in [1.82, 2.24) is 10.2 Å². The molecule has 1 saturated heterocycles. The van der Waals surface area contributed by atoms with Crippen molar-refractivity contribution in [3.05, 3.63) is 48.0 Å². The Kier molecular flexibility index (Phi) is 6.33. The predicted molar refractivity (Wildman–Crippen MR) is 102 cm³/mol. The Hall–Kier alpha value is -1.85. The highest BCUT2D eigenvalue weighted by Crippen LogP contribution is 2.30. The molecule has 26 heavy (non-hydrogen) atoms. The quantitative estimate of drug-likeness (QED) is 0.750. The second kappa shape index (κ2) is 8.69. The first-order valence-electron chi connectivity index (χ1n) is 9.64. The molecule has 0 spiro atoms. The number of β-amino-alcohol motifs (C(OH)–C–C–N with tert-alkyl or cyclic N) is 1. The van der Waals surface area contributed by atoms with Gasteiger partial charge in [-0.15, -0.1) is 0 Å². The Morgan fingerprint density at radius 2 is 2.35 bits per heavy atom. The number of rotatable bonds is 8. The van der Waals surface area contributed by atoms with Gasteiger partial charge in [0.2, 0.25) is 5.91 Å². The highest BCUT2D eigenvalue weighted by molar-refractivity contribution is 5.79. The molecule has 1 aliphatic heterocycles. The van der Waals surface area contributed by atoms with Crippen LogP contribution in [0, 0.1) is 0 Å². The van der Waals surface area contributed by atoms with Gasteiger partial charge in [-0.25, -0.2) is 0 Å². The zero-order valence-electron chi connectivity index (χ0n) is 15.7. The molecule has 2 heterocycles. The first-order chi connectivity index (χ1) is 12.5. The number of carbonyl (C=O) groups excluding carboxylic acids is 1. The molecule has 5 heteroatoms. The van der Waals surface area contributed by atoms with E-state index in [1.165, 1.54) is 5.57 Å². The maximum Gasteiger partial charge on any atom is 0.224 e.